The molecule has 2 aliphatic rings. The van der Waals surface area contributed by atoms with Crippen LogP contribution in [0.1, 0.15) is 17.5 Å². The second kappa shape index (κ2) is 6.92. The summed E-state index contributed by atoms with van der Waals surface area (Å²) in [6.45, 7) is 1.27. The first-order valence-corrected chi connectivity index (χ1v) is 8.97. The van der Waals surface area contributed by atoms with Crippen molar-refractivity contribution in [3.05, 3.63) is 35.4 Å². The molecule has 4 rings (SSSR count). The predicted octanol–water partition coefficient (Wildman–Crippen LogP) is 1.39. The van der Waals surface area contributed by atoms with Crippen molar-refractivity contribution >= 4 is 17.7 Å². The van der Waals surface area contributed by atoms with E-state index in [1.807, 2.05) is 6.07 Å². The third-order valence-electron chi connectivity index (χ3n) is 5.21. The molecule has 1 aromatic carbocycles. The Bertz CT molecular complexity index is 839. The molecule has 0 radical (unpaired) electrons. The molecule has 0 bridgehead atoms. The predicted molar refractivity (Wildman–Crippen MR) is 99.7 cm³/mol. The van der Waals surface area contributed by atoms with Crippen molar-refractivity contribution in [1.29, 1.82) is 0 Å². The van der Waals surface area contributed by atoms with Gasteiger partial charge >= 0.3 is 5.97 Å². The number of anilines is 2. The number of benzene rings is 1. The number of carbonyl (C=O) groups is 1. The molecule has 2 aromatic rings. The molecule has 1 aliphatic carbocycles. The van der Waals surface area contributed by atoms with E-state index in [2.05, 4.69) is 38.8 Å². The van der Waals surface area contributed by atoms with Crippen molar-refractivity contribution in [2.45, 2.75) is 25.3 Å². The highest BCUT2D eigenvalue weighted by Gasteiger charge is 2.35. The molecule has 1 saturated heterocycles. The lowest BCUT2D eigenvalue weighted by atomic mass is 10.0. The second-order valence-electron chi connectivity index (χ2n) is 6.81. The summed E-state index contributed by atoms with van der Waals surface area (Å²) in [6, 6.07) is 8.22. The Hall–Kier alpha value is -2.67. The minimum atomic E-state index is -0.245. The summed E-state index contributed by atoms with van der Waals surface area (Å²) in [5.74, 6) is 0.506. The van der Waals surface area contributed by atoms with Crippen LogP contribution < -0.4 is 16.4 Å². The number of esters is 1. The van der Waals surface area contributed by atoms with Crippen LogP contribution in [0.5, 0.6) is 0 Å². The number of hydrogen-bond acceptors (Lipinski definition) is 7. The van der Waals surface area contributed by atoms with Crippen molar-refractivity contribution in [2.75, 3.05) is 31.2 Å². The minimum Gasteiger partial charge on any atom is -0.469 e. The SMILES string of the molecule is COC(=O)C1CNC[C@@H]1Nc1nc(N)nc2c1CCCc1ccccc1-2. The highest BCUT2D eigenvalue weighted by molar-refractivity contribution is 5.76. The number of carbonyl (C=O) groups excluding carboxylic acids is 1. The Morgan fingerprint density at radius 2 is 2.12 bits per heavy atom. The average molecular weight is 353 g/mol. The van der Waals surface area contributed by atoms with Gasteiger partial charge in [-0.1, -0.05) is 24.3 Å². The number of aromatic nitrogens is 2. The maximum Gasteiger partial charge on any atom is 0.312 e. The van der Waals surface area contributed by atoms with Crippen LogP contribution in [0.15, 0.2) is 24.3 Å². The van der Waals surface area contributed by atoms with Crippen LogP contribution in [-0.4, -0.2) is 42.2 Å². The zero-order valence-corrected chi connectivity index (χ0v) is 14.8. The van der Waals surface area contributed by atoms with Gasteiger partial charge in [0, 0.05) is 24.2 Å². The standard InChI is InChI=1S/C19H23N5O2/c1-26-18(25)14-9-21-10-15(14)22-17-13-8-4-6-11-5-2-3-7-12(11)16(13)23-19(20)24-17/h2-3,5,7,14-15,21H,4,6,8-10H2,1H3,(H3,20,22,23,24)/t14?,15-/m0/s1. The molecule has 1 fully saturated rings. The summed E-state index contributed by atoms with van der Waals surface area (Å²) in [6.07, 6.45) is 2.90. The van der Waals surface area contributed by atoms with Gasteiger partial charge in [-0.15, -0.1) is 0 Å². The molecule has 7 nitrogen and oxygen atoms in total. The molecule has 26 heavy (non-hydrogen) atoms. The van der Waals surface area contributed by atoms with E-state index in [4.69, 9.17) is 10.5 Å². The summed E-state index contributed by atoms with van der Waals surface area (Å²) in [5, 5.41) is 6.68. The van der Waals surface area contributed by atoms with Gasteiger partial charge in [-0.3, -0.25) is 4.79 Å². The molecule has 1 aromatic heterocycles. The fourth-order valence-corrected chi connectivity index (χ4v) is 3.91. The van der Waals surface area contributed by atoms with Crippen molar-refractivity contribution < 1.29 is 9.53 Å². The second-order valence-corrected chi connectivity index (χ2v) is 6.81. The summed E-state index contributed by atoms with van der Waals surface area (Å²) < 4.78 is 4.93. The van der Waals surface area contributed by atoms with Crippen LogP contribution in [0.25, 0.3) is 11.3 Å². The lowest BCUT2D eigenvalue weighted by Crippen LogP contribution is -2.34. The molecule has 0 amide bonds. The number of nitrogens with one attached hydrogen (secondary N) is 2. The number of nitrogens with two attached hydrogens (primary N) is 1. The molecular weight excluding hydrogens is 330 g/mol. The number of aryl methyl sites for hydroxylation is 1. The Labute approximate surface area is 152 Å². The highest BCUT2D eigenvalue weighted by Crippen LogP contribution is 2.35. The largest absolute Gasteiger partial charge is 0.469 e. The number of nitrogens with zero attached hydrogens (tertiary/aromatic N) is 2. The number of fused-ring (bicyclic) bond motifs is 3. The van der Waals surface area contributed by atoms with E-state index in [0.29, 0.717) is 13.1 Å². The van der Waals surface area contributed by atoms with Gasteiger partial charge in [-0.05, 0) is 24.8 Å². The molecule has 136 valence electrons. The van der Waals surface area contributed by atoms with Gasteiger partial charge in [-0.25, -0.2) is 4.98 Å². The Balaban J connectivity index is 1.73. The van der Waals surface area contributed by atoms with Crippen molar-refractivity contribution in [3.63, 3.8) is 0 Å². The van der Waals surface area contributed by atoms with Crippen molar-refractivity contribution in [2.24, 2.45) is 5.92 Å². The molecule has 0 spiro atoms. The lowest BCUT2D eigenvalue weighted by Gasteiger charge is -2.21. The number of ether oxygens (including phenoxy) is 1. The zero-order valence-electron chi connectivity index (χ0n) is 14.8. The molecule has 7 heteroatoms. The van der Waals surface area contributed by atoms with E-state index in [9.17, 15) is 4.79 Å². The van der Waals surface area contributed by atoms with Gasteiger partial charge in [0.05, 0.1) is 24.8 Å². The van der Waals surface area contributed by atoms with E-state index < -0.39 is 0 Å². The van der Waals surface area contributed by atoms with Gasteiger partial charge in [0.1, 0.15) is 5.82 Å². The monoisotopic (exact) mass is 353 g/mol. The molecule has 2 heterocycles. The zero-order chi connectivity index (χ0) is 18.1. The number of hydrogen-bond donors (Lipinski definition) is 3. The number of methoxy groups -OCH3 is 1. The van der Waals surface area contributed by atoms with Gasteiger partial charge < -0.3 is 21.1 Å². The van der Waals surface area contributed by atoms with E-state index in [-0.39, 0.29) is 23.9 Å². The normalized spacial score (nSPS) is 21.4. The lowest BCUT2D eigenvalue weighted by molar-refractivity contribution is -0.144. The molecule has 2 atom stereocenters. The van der Waals surface area contributed by atoms with Crippen LogP contribution in [-0.2, 0) is 22.4 Å². The van der Waals surface area contributed by atoms with Crippen LogP contribution >= 0.6 is 0 Å². The first-order chi connectivity index (χ1) is 12.7. The molecule has 0 saturated carbocycles. The van der Waals surface area contributed by atoms with Crippen molar-refractivity contribution in [1.82, 2.24) is 15.3 Å². The molecule has 1 aliphatic heterocycles. The molecule has 4 N–H and O–H groups in total. The number of nitrogen functional groups attached to an aromatic ring is 1. The van der Waals surface area contributed by atoms with Gasteiger partial charge in [0.2, 0.25) is 5.95 Å². The topological polar surface area (TPSA) is 102 Å². The summed E-state index contributed by atoms with van der Waals surface area (Å²) >= 11 is 0. The minimum absolute atomic E-state index is 0.0839. The maximum atomic E-state index is 12.0. The van der Waals surface area contributed by atoms with Crippen LogP contribution in [0.4, 0.5) is 11.8 Å². The summed E-state index contributed by atoms with van der Waals surface area (Å²) in [7, 11) is 1.42. The van der Waals surface area contributed by atoms with Crippen LogP contribution in [0.2, 0.25) is 0 Å². The van der Waals surface area contributed by atoms with E-state index in [1.54, 1.807) is 0 Å². The molecular formula is C19H23N5O2. The smallest absolute Gasteiger partial charge is 0.312 e. The Morgan fingerprint density at radius 1 is 1.27 bits per heavy atom. The quantitative estimate of drug-likeness (QED) is 0.717. The third-order valence-corrected chi connectivity index (χ3v) is 5.21. The first-order valence-electron chi connectivity index (χ1n) is 8.97. The summed E-state index contributed by atoms with van der Waals surface area (Å²) in [4.78, 5) is 21.0. The fourth-order valence-electron chi connectivity index (χ4n) is 3.91. The van der Waals surface area contributed by atoms with E-state index in [1.165, 1.54) is 12.7 Å². The van der Waals surface area contributed by atoms with Gasteiger partial charge in [0.25, 0.3) is 0 Å². The van der Waals surface area contributed by atoms with Crippen LogP contribution in [0, 0.1) is 5.92 Å². The van der Waals surface area contributed by atoms with Gasteiger partial charge in [-0.2, -0.15) is 4.98 Å². The highest BCUT2D eigenvalue weighted by atomic mass is 16.5. The number of rotatable bonds is 3. The maximum absolute atomic E-state index is 12.0. The van der Waals surface area contributed by atoms with E-state index in [0.717, 1.165) is 41.9 Å². The Morgan fingerprint density at radius 3 is 2.96 bits per heavy atom. The van der Waals surface area contributed by atoms with Crippen LogP contribution in [0.3, 0.4) is 0 Å². The van der Waals surface area contributed by atoms with E-state index >= 15 is 0 Å². The van der Waals surface area contributed by atoms with Crippen molar-refractivity contribution in [3.8, 4) is 11.3 Å². The average Bonchev–Trinajstić information content (AvgIpc) is 3.02. The molecule has 1 unspecified atom stereocenters. The first kappa shape index (κ1) is 16.8. The van der Waals surface area contributed by atoms with Gasteiger partial charge in [0.15, 0.2) is 0 Å². The third kappa shape index (κ3) is 2.99. The Kier molecular flexibility index (Phi) is 4.46. The summed E-state index contributed by atoms with van der Waals surface area (Å²) in [5.41, 5.74) is 10.4. The fraction of sp³-hybridized carbons (Fsp3) is 0.421.